The van der Waals surface area contributed by atoms with Gasteiger partial charge in [-0.1, -0.05) is 6.92 Å². The molecule has 0 aromatic carbocycles. The van der Waals surface area contributed by atoms with Gasteiger partial charge in [-0.3, -0.25) is 4.79 Å². The summed E-state index contributed by atoms with van der Waals surface area (Å²) in [4.78, 5) is 11.4. The fraction of sp³-hybridized carbons (Fsp3) is 0.909. The van der Waals surface area contributed by atoms with Gasteiger partial charge in [-0.05, 0) is 25.2 Å². The van der Waals surface area contributed by atoms with E-state index in [2.05, 4.69) is 6.92 Å². The van der Waals surface area contributed by atoms with Crippen LogP contribution >= 0.6 is 0 Å². The molecule has 5 atom stereocenters. The van der Waals surface area contributed by atoms with Crippen LogP contribution in [0.1, 0.15) is 20.3 Å². The monoisotopic (exact) mass is 214 g/mol. The molecule has 4 nitrogen and oxygen atoms in total. The summed E-state index contributed by atoms with van der Waals surface area (Å²) in [7, 11) is 0. The Balaban J connectivity index is 1.92. The van der Waals surface area contributed by atoms with Crippen LogP contribution in [0.25, 0.3) is 0 Å². The van der Waals surface area contributed by atoms with Gasteiger partial charge >= 0.3 is 5.97 Å². The Labute approximate surface area is 89.6 Å². The second kappa shape index (κ2) is 4.10. The minimum Gasteiger partial charge on any atom is -0.465 e. The highest BCUT2D eigenvalue weighted by atomic mass is 16.6. The van der Waals surface area contributed by atoms with Gasteiger partial charge in [0.2, 0.25) is 0 Å². The normalized spacial score (nSPS) is 37.8. The largest absolute Gasteiger partial charge is 0.465 e. The lowest BCUT2D eigenvalue weighted by atomic mass is 9.61. The third kappa shape index (κ3) is 1.76. The minimum atomic E-state index is -0.253. The van der Waals surface area contributed by atoms with Crippen molar-refractivity contribution < 1.29 is 19.4 Å². The van der Waals surface area contributed by atoms with Crippen LogP contribution in [-0.4, -0.2) is 30.6 Å². The maximum atomic E-state index is 11.4. The molecular weight excluding hydrogens is 196 g/mol. The standard InChI is InChI=1S/C11H18O4/c1-6(7(2)15-5-12)9-3-8-4-14-11(13)10(8)9/h6-10,12H,3-5H2,1-2H3/t6-,7?,8?,9+,10?/m1/s1. The molecule has 86 valence electrons. The molecule has 2 rings (SSSR count). The van der Waals surface area contributed by atoms with Gasteiger partial charge in [0.1, 0.15) is 6.79 Å². The summed E-state index contributed by atoms with van der Waals surface area (Å²) in [6.07, 6.45) is 1.05. The molecule has 1 aliphatic heterocycles. The molecule has 0 aromatic heterocycles. The number of esters is 1. The molecule has 3 unspecified atom stereocenters. The summed E-state index contributed by atoms with van der Waals surface area (Å²) in [5.74, 6) is 1.14. The highest BCUT2D eigenvalue weighted by molar-refractivity contribution is 5.76. The molecule has 15 heavy (non-hydrogen) atoms. The zero-order valence-corrected chi connectivity index (χ0v) is 9.18. The van der Waals surface area contributed by atoms with Gasteiger partial charge in [-0.25, -0.2) is 0 Å². The zero-order chi connectivity index (χ0) is 11.0. The third-order valence-corrected chi connectivity index (χ3v) is 4.01. The molecule has 2 fully saturated rings. The molecule has 1 heterocycles. The van der Waals surface area contributed by atoms with Crippen LogP contribution in [0.15, 0.2) is 0 Å². The Morgan fingerprint density at radius 2 is 2.33 bits per heavy atom. The van der Waals surface area contributed by atoms with Crippen LogP contribution in [0.5, 0.6) is 0 Å². The fourth-order valence-corrected chi connectivity index (χ4v) is 2.78. The number of ether oxygens (including phenoxy) is 2. The van der Waals surface area contributed by atoms with Gasteiger partial charge < -0.3 is 14.6 Å². The smallest absolute Gasteiger partial charge is 0.309 e. The van der Waals surface area contributed by atoms with Crippen molar-refractivity contribution in [3.05, 3.63) is 0 Å². The number of carbonyl (C=O) groups excluding carboxylic acids is 1. The lowest BCUT2D eigenvalue weighted by Crippen LogP contribution is -2.44. The van der Waals surface area contributed by atoms with Crippen LogP contribution in [0.2, 0.25) is 0 Å². The number of fused-ring (bicyclic) bond motifs is 1. The van der Waals surface area contributed by atoms with E-state index in [0.717, 1.165) is 6.42 Å². The van der Waals surface area contributed by atoms with Crippen LogP contribution in [-0.2, 0) is 14.3 Å². The summed E-state index contributed by atoms with van der Waals surface area (Å²) in [6, 6.07) is 0. The predicted octanol–water partition coefficient (Wildman–Crippen LogP) is 0.786. The van der Waals surface area contributed by atoms with E-state index in [4.69, 9.17) is 14.6 Å². The number of hydrogen-bond acceptors (Lipinski definition) is 4. The number of hydrogen-bond donors (Lipinski definition) is 1. The molecule has 1 saturated heterocycles. The lowest BCUT2D eigenvalue weighted by Gasteiger charge is -2.42. The first-order valence-electron chi connectivity index (χ1n) is 5.54. The zero-order valence-electron chi connectivity index (χ0n) is 9.18. The van der Waals surface area contributed by atoms with E-state index >= 15 is 0 Å². The van der Waals surface area contributed by atoms with Gasteiger partial charge in [-0.15, -0.1) is 0 Å². The average molecular weight is 214 g/mol. The van der Waals surface area contributed by atoms with Crippen molar-refractivity contribution in [3.63, 3.8) is 0 Å². The van der Waals surface area contributed by atoms with Crippen molar-refractivity contribution in [1.29, 1.82) is 0 Å². The van der Waals surface area contributed by atoms with Crippen molar-refractivity contribution in [2.24, 2.45) is 23.7 Å². The highest BCUT2D eigenvalue weighted by Crippen LogP contribution is 2.49. The minimum absolute atomic E-state index is 0.00523. The van der Waals surface area contributed by atoms with Crippen molar-refractivity contribution in [2.75, 3.05) is 13.4 Å². The highest BCUT2D eigenvalue weighted by Gasteiger charge is 2.53. The Morgan fingerprint density at radius 1 is 1.60 bits per heavy atom. The number of aliphatic hydroxyl groups is 1. The van der Waals surface area contributed by atoms with Gasteiger partial charge in [0.25, 0.3) is 0 Å². The van der Waals surface area contributed by atoms with Gasteiger partial charge in [-0.2, -0.15) is 0 Å². The van der Waals surface area contributed by atoms with E-state index in [1.165, 1.54) is 0 Å². The van der Waals surface area contributed by atoms with Crippen LogP contribution in [0.3, 0.4) is 0 Å². The van der Waals surface area contributed by atoms with E-state index in [9.17, 15) is 4.79 Å². The van der Waals surface area contributed by atoms with E-state index in [0.29, 0.717) is 24.4 Å². The summed E-state index contributed by atoms with van der Waals surface area (Å²) in [5, 5.41) is 8.68. The summed E-state index contributed by atoms with van der Waals surface area (Å²) in [6.45, 7) is 4.36. The molecule has 2 aliphatic rings. The summed E-state index contributed by atoms with van der Waals surface area (Å²) < 4.78 is 10.2. The number of cyclic esters (lactones) is 1. The predicted molar refractivity (Wildman–Crippen MR) is 52.8 cm³/mol. The summed E-state index contributed by atoms with van der Waals surface area (Å²) >= 11 is 0. The SMILES string of the molecule is CC(OCO)[C@@H](C)[C@@H]1CC2COC(=O)C21. The molecule has 1 N–H and O–H groups in total. The fourth-order valence-electron chi connectivity index (χ4n) is 2.78. The molecule has 1 saturated carbocycles. The number of carbonyl (C=O) groups is 1. The molecule has 0 radical (unpaired) electrons. The van der Waals surface area contributed by atoms with Crippen molar-refractivity contribution in [1.82, 2.24) is 0 Å². The Kier molecular flexibility index (Phi) is 2.98. The molecule has 0 bridgehead atoms. The van der Waals surface area contributed by atoms with E-state index in [1.54, 1.807) is 0 Å². The molecular formula is C11H18O4. The van der Waals surface area contributed by atoms with Crippen molar-refractivity contribution >= 4 is 5.97 Å². The molecule has 1 aliphatic carbocycles. The molecule has 0 spiro atoms. The molecule has 0 amide bonds. The van der Waals surface area contributed by atoms with E-state index < -0.39 is 0 Å². The first-order chi connectivity index (χ1) is 7.15. The maximum absolute atomic E-state index is 11.4. The Hall–Kier alpha value is -0.610. The second-order valence-electron chi connectivity index (χ2n) is 4.68. The van der Waals surface area contributed by atoms with Crippen LogP contribution < -0.4 is 0 Å². The average Bonchev–Trinajstić information content (AvgIpc) is 2.41. The quantitative estimate of drug-likeness (QED) is 0.555. The van der Waals surface area contributed by atoms with Gasteiger partial charge in [0.15, 0.2) is 0 Å². The third-order valence-electron chi connectivity index (χ3n) is 4.01. The first-order valence-corrected chi connectivity index (χ1v) is 5.54. The number of rotatable bonds is 4. The molecule has 4 heteroatoms. The van der Waals surface area contributed by atoms with Crippen molar-refractivity contribution in [2.45, 2.75) is 26.4 Å². The number of aliphatic hydroxyl groups excluding tert-OH is 1. The Bertz CT molecular complexity index is 253. The van der Waals surface area contributed by atoms with Gasteiger partial charge in [0.05, 0.1) is 18.6 Å². The lowest BCUT2D eigenvalue weighted by molar-refractivity contribution is -0.147. The summed E-state index contributed by atoms with van der Waals surface area (Å²) in [5.41, 5.74) is 0. The second-order valence-corrected chi connectivity index (χ2v) is 4.68. The van der Waals surface area contributed by atoms with E-state index in [-0.39, 0.29) is 24.8 Å². The van der Waals surface area contributed by atoms with Crippen LogP contribution in [0.4, 0.5) is 0 Å². The van der Waals surface area contributed by atoms with E-state index in [1.807, 2.05) is 6.92 Å². The van der Waals surface area contributed by atoms with Crippen molar-refractivity contribution in [3.8, 4) is 0 Å². The first kappa shape index (κ1) is 10.9. The van der Waals surface area contributed by atoms with Gasteiger partial charge in [0, 0.05) is 5.92 Å². The molecule has 0 aromatic rings. The topological polar surface area (TPSA) is 55.8 Å². The maximum Gasteiger partial charge on any atom is 0.309 e. The Morgan fingerprint density at radius 3 is 2.93 bits per heavy atom. The van der Waals surface area contributed by atoms with Crippen LogP contribution in [0, 0.1) is 23.7 Å².